The number of hydroxylamine groups is 1. The van der Waals surface area contributed by atoms with Gasteiger partial charge in [0.2, 0.25) is 5.96 Å². The second-order valence-corrected chi connectivity index (χ2v) is 8.49. The van der Waals surface area contributed by atoms with Gasteiger partial charge in [-0.05, 0) is 36.8 Å². The van der Waals surface area contributed by atoms with Crippen LogP contribution in [0.2, 0.25) is 0 Å². The summed E-state index contributed by atoms with van der Waals surface area (Å²) in [7, 11) is -7.59. The van der Waals surface area contributed by atoms with Gasteiger partial charge < -0.3 is 9.92 Å². The molecule has 0 fully saturated rings. The Morgan fingerprint density at radius 2 is 1.76 bits per heavy atom. The number of rotatable bonds is 5. The highest BCUT2D eigenvalue weighted by Gasteiger charge is 2.07. The maximum atomic E-state index is 10.9. The Labute approximate surface area is 168 Å². The Bertz CT molecular complexity index is 1080. The van der Waals surface area contributed by atoms with Gasteiger partial charge in [-0.1, -0.05) is 29.8 Å². The minimum atomic E-state index is -4.02. The van der Waals surface area contributed by atoms with E-state index < -0.39 is 20.2 Å². The first kappa shape index (κ1) is 24.0. The van der Waals surface area contributed by atoms with Gasteiger partial charge >= 0.3 is 10.1 Å². The van der Waals surface area contributed by atoms with Gasteiger partial charge in [0.25, 0.3) is 10.1 Å². The Hall–Kier alpha value is -3.00. The van der Waals surface area contributed by atoms with Crippen molar-refractivity contribution in [2.75, 3.05) is 6.26 Å². The summed E-state index contributed by atoms with van der Waals surface area (Å²) in [6, 6.07) is 12.2. The molecule has 0 aliphatic rings. The molecule has 5 N–H and O–H groups in total. The van der Waals surface area contributed by atoms with E-state index in [0.29, 0.717) is 5.56 Å². The maximum absolute atomic E-state index is 10.9. The van der Waals surface area contributed by atoms with E-state index in [9.17, 15) is 16.8 Å². The first-order valence-corrected chi connectivity index (χ1v) is 11.0. The molecule has 0 aliphatic heterocycles. The maximum Gasteiger partial charge on any atom is 0.306 e. The van der Waals surface area contributed by atoms with Crippen LogP contribution in [0, 0.1) is 6.92 Å². The number of hydrogen-bond acceptors (Lipinski definition) is 8. The number of guanidine groups is 1. The Morgan fingerprint density at radius 1 is 1.14 bits per heavy atom. The average molecular weight is 444 g/mol. The second-order valence-electron chi connectivity index (χ2n) is 5.49. The second kappa shape index (κ2) is 10.5. The highest BCUT2D eigenvalue weighted by atomic mass is 32.2. The molecule has 2 aromatic carbocycles. The molecule has 29 heavy (non-hydrogen) atoms. The monoisotopic (exact) mass is 444 g/mol. The molecule has 0 radical (unpaired) electrons. The molecule has 0 heterocycles. The molecule has 158 valence electrons. The Morgan fingerprint density at radius 3 is 2.28 bits per heavy atom. The van der Waals surface area contributed by atoms with Crippen molar-refractivity contribution in [3.8, 4) is 5.75 Å². The van der Waals surface area contributed by atoms with Crippen molar-refractivity contribution < 1.29 is 30.8 Å². The van der Waals surface area contributed by atoms with Gasteiger partial charge in [0.1, 0.15) is 5.75 Å². The number of benzene rings is 2. The third-order valence-electron chi connectivity index (χ3n) is 2.91. The van der Waals surface area contributed by atoms with Crippen LogP contribution >= 0.6 is 0 Å². The number of nitrogens with one attached hydrogen (secondary N) is 1. The van der Waals surface area contributed by atoms with Gasteiger partial charge in [0.05, 0.1) is 17.4 Å². The van der Waals surface area contributed by atoms with Gasteiger partial charge in [-0.15, -0.1) is 5.10 Å². The quantitative estimate of drug-likeness (QED) is 0.171. The zero-order valence-corrected chi connectivity index (χ0v) is 17.1. The first-order valence-electron chi connectivity index (χ1n) is 7.71. The zero-order valence-electron chi connectivity index (χ0n) is 15.4. The summed E-state index contributed by atoms with van der Waals surface area (Å²) in [5, 5.41) is 15.3. The minimum Gasteiger partial charge on any atom is -0.383 e. The van der Waals surface area contributed by atoms with E-state index in [2.05, 4.69) is 14.4 Å². The Kier molecular flexibility index (Phi) is 8.72. The first-order chi connectivity index (χ1) is 13.4. The number of aryl methyl sites for hydroxylation is 1. The summed E-state index contributed by atoms with van der Waals surface area (Å²) < 4.78 is 56.1. The van der Waals surface area contributed by atoms with Gasteiger partial charge in [-0.2, -0.15) is 21.9 Å². The van der Waals surface area contributed by atoms with Crippen LogP contribution < -0.4 is 15.4 Å². The average Bonchev–Trinajstić information content (AvgIpc) is 2.60. The molecule has 0 saturated heterocycles. The summed E-state index contributed by atoms with van der Waals surface area (Å²) in [5.74, 6) is -0.103. The van der Waals surface area contributed by atoms with Gasteiger partial charge in [0.15, 0.2) is 0 Å². The third kappa shape index (κ3) is 10.2. The van der Waals surface area contributed by atoms with E-state index >= 15 is 0 Å². The third-order valence-corrected chi connectivity index (χ3v) is 4.27. The van der Waals surface area contributed by atoms with Gasteiger partial charge in [-0.25, -0.2) is 5.48 Å². The van der Waals surface area contributed by atoms with Crippen LogP contribution in [0.4, 0.5) is 0 Å². The van der Waals surface area contributed by atoms with Gasteiger partial charge in [-0.3, -0.25) is 9.76 Å². The molecule has 0 amide bonds. The van der Waals surface area contributed by atoms with Crippen molar-refractivity contribution in [1.29, 1.82) is 0 Å². The minimum absolute atomic E-state index is 0.0666. The van der Waals surface area contributed by atoms with Crippen molar-refractivity contribution in [2.24, 2.45) is 15.9 Å². The van der Waals surface area contributed by atoms with Crippen LogP contribution in [-0.2, 0) is 20.2 Å². The summed E-state index contributed by atoms with van der Waals surface area (Å²) in [6.45, 7) is 1.84. The van der Waals surface area contributed by atoms with Crippen molar-refractivity contribution in [1.82, 2.24) is 5.48 Å². The molecule has 11 nitrogen and oxygen atoms in total. The van der Waals surface area contributed by atoms with Crippen LogP contribution in [0.25, 0.3) is 0 Å². The van der Waals surface area contributed by atoms with E-state index in [1.165, 1.54) is 30.5 Å². The molecule has 13 heteroatoms. The zero-order chi connectivity index (χ0) is 22.1. The predicted octanol–water partition coefficient (Wildman–Crippen LogP) is 0.894. The predicted molar refractivity (Wildman–Crippen MR) is 107 cm³/mol. The standard InChI is InChI=1S/C9H12N4O4S.C7H8O3S/c1-18(15,16)17-8-4-2-3-7(5-8)6-11-12-9(10)13-14;1-6-2-4-7(5-3-6)11(8,9)10/h2-6,14H,1H3,(H3,10,12,13);2-5H,1H3,(H,8,9,10). The molecule has 0 aromatic heterocycles. The highest BCUT2D eigenvalue weighted by Crippen LogP contribution is 2.13. The summed E-state index contributed by atoms with van der Waals surface area (Å²) in [4.78, 5) is -0.0666. The molecule has 0 aliphatic carbocycles. The number of hydrogen-bond donors (Lipinski definition) is 4. The summed E-state index contributed by atoms with van der Waals surface area (Å²) in [6.07, 6.45) is 2.27. The fraction of sp³-hybridized carbons (Fsp3) is 0.125. The van der Waals surface area contributed by atoms with Crippen LogP contribution in [0.3, 0.4) is 0 Å². The summed E-state index contributed by atoms with van der Waals surface area (Å²) >= 11 is 0. The molecule has 0 bridgehead atoms. The van der Waals surface area contributed by atoms with E-state index in [1.807, 2.05) is 6.92 Å². The number of nitrogens with zero attached hydrogens (tertiary/aromatic N) is 2. The molecule has 0 atom stereocenters. The van der Waals surface area contributed by atoms with Crippen molar-refractivity contribution in [3.05, 3.63) is 59.7 Å². The molecular weight excluding hydrogens is 424 g/mol. The number of nitrogens with two attached hydrogens (primary N) is 1. The molecule has 0 saturated carbocycles. The molecule has 2 rings (SSSR count). The molecule has 0 spiro atoms. The van der Waals surface area contributed by atoms with Crippen LogP contribution in [0.5, 0.6) is 5.75 Å². The molecule has 2 aromatic rings. The van der Waals surface area contributed by atoms with E-state index in [0.717, 1.165) is 11.8 Å². The lowest BCUT2D eigenvalue weighted by Crippen LogP contribution is -2.27. The summed E-state index contributed by atoms with van der Waals surface area (Å²) in [5.41, 5.74) is 8.24. The lowest BCUT2D eigenvalue weighted by atomic mass is 10.2. The fourth-order valence-corrected chi connectivity index (χ4v) is 2.65. The van der Waals surface area contributed by atoms with Crippen LogP contribution in [0.15, 0.2) is 63.6 Å². The van der Waals surface area contributed by atoms with Gasteiger partial charge in [0, 0.05) is 0 Å². The normalized spacial score (nSPS) is 12.2. The smallest absolute Gasteiger partial charge is 0.306 e. The van der Waals surface area contributed by atoms with E-state index in [-0.39, 0.29) is 16.6 Å². The molecule has 0 unspecified atom stereocenters. The topological polar surface area (TPSA) is 181 Å². The van der Waals surface area contributed by atoms with Crippen molar-refractivity contribution in [3.63, 3.8) is 0 Å². The lowest BCUT2D eigenvalue weighted by Gasteiger charge is -2.02. The van der Waals surface area contributed by atoms with E-state index in [4.69, 9.17) is 15.5 Å². The van der Waals surface area contributed by atoms with Crippen LogP contribution in [-0.4, -0.2) is 45.0 Å². The molecular formula is C16H20N4O7S2. The largest absolute Gasteiger partial charge is 0.383 e. The van der Waals surface area contributed by atoms with Crippen molar-refractivity contribution >= 4 is 32.4 Å². The SMILES string of the molecule is CS(=O)(=O)Oc1cccc(C=N/N=C(\N)NO)c1.Cc1ccc(S(=O)(=O)O)cc1. The van der Waals surface area contributed by atoms with Crippen molar-refractivity contribution in [2.45, 2.75) is 11.8 Å². The Balaban J connectivity index is 0.000000326. The van der Waals surface area contributed by atoms with Crippen LogP contribution in [0.1, 0.15) is 11.1 Å². The van der Waals surface area contributed by atoms with E-state index in [1.54, 1.807) is 29.7 Å². The highest BCUT2D eigenvalue weighted by molar-refractivity contribution is 7.86. The lowest BCUT2D eigenvalue weighted by molar-refractivity contribution is 0.232. The fourth-order valence-electron chi connectivity index (χ4n) is 1.71.